The normalized spacial score (nSPS) is 15.2. The number of hydrogen-bond donors (Lipinski definition) is 0. The quantitative estimate of drug-likeness (QED) is 0.794. The van der Waals surface area contributed by atoms with Gasteiger partial charge in [0.05, 0.1) is 5.56 Å². The molecule has 20 heavy (non-hydrogen) atoms. The van der Waals surface area contributed by atoms with E-state index in [1.54, 1.807) is 27.1 Å². The molecular weight excluding hydrogens is 254 g/mol. The van der Waals surface area contributed by atoms with Gasteiger partial charge < -0.3 is 9.64 Å². The molecule has 0 spiro atoms. The topological polar surface area (TPSA) is 46.6 Å². The van der Waals surface area contributed by atoms with E-state index in [-0.39, 0.29) is 5.91 Å². The van der Waals surface area contributed by atoms with Crippen molar-refractivity contribution in [3.05, 3.63) is 34.9 Å². The molecule has 1 aromatic carbocycles. The van der Waals surface area contributed by atoms with Gasteiger partial charge in [-0.05, 0) is 55.9 Å². The summed E-state index contributed by atoms with van der Waals surface area (Å²) < 4.78 is 5.22. The van der Waals surface area contributed by atoms with E-state index in [1.807, 2.05) is 12.1 Å². The fourth-order valence-corrected chi connectivity index (χ4v) is 2.50. The van der Waals surface area contributed by atoms with Crippen LogP contribution in [0, 0.1) is 0 Å². The van der Waals surface area contributed by atoms with E-state index < -0.39 is 12.1 Å². The second-order valence-electron chi connectivity index (χ2n) is 5.47. The third kappa shape index (κ3) is 3.18. The molecule has 0 aliphatic heterocycles. The van der Waals surface area contributed by atoms with Crippen LogP contribution in [0.15, 0.2) is 18.2 Å². The SMILES string of the molecule is CC(OC(=O)c1ccc2c(c1)CCCC2)C(=O)N(C)C. The number of carbonyl (C=O) groups excluding carboxylic acids is 2. The van der Waals surface area contributed by atoms with E-state index in [9.17, 15) is 9.59 Å². The molecule has 108 valence electrons. The number of ether oxygens (including phenoxy) is 1. The Morgan fingerprint density at radius 3 is 2.45 bits per heavy atom. The van der Waals surface area contributed by atoms with E-state index in [0.717, 1.165) is 12.8 Å². The molecule has 0 aromatic heterocycles. The second kappa shape index (κ2) is 6.07. The fourth-order valence-electron chi connectivity index (χ4n) is 2.50. The number of amides is 1. The van der Waals surface area contributed by atoms with Crippen molar-refractivity contribution in [1.29, 1.82) is 0 Å². The van der Waals surface area contributed by atoms with Crippen molar-refractivity contribution >= 4 is 11.9 Å². The zero-order valence-corrected chi connectivity index (χ0v) is 12.3. The molecule has 2 rings (SSSR count). The van der Waals surface area contributed by atoms with Crippen LogP contribution in [0.25, 0.3) is 0 Å². The van der Waals surface area contributed by atoms with Gasteiger partial charge in [0, 0.05) is 14.1 Å². The zero-order chi connectivity index (χ0) is 14.7. The average molecular weight is 275 g/mol. The minimum Gasteiger partial charge on any atom is -0.449 e. The smallest absolute Gasteiger partial charge is 0.338 e. The maximum absolute atomic E-state index is 12.1. The van der Waals surface area contributed by atoms with Gasteiger partial charge in [0.1, 0.15) is 0 Å². The number of likely N-dealkylation sites (N-methyl/N-ethyl adjacent to an activating group) is 1. The first-order valence-corrected chi connectivity index (χ1v) is 7.03. The first kappa shape index (κ1) is 14.6. The monoisotopic (exact) mass is 275 g/mol. The minimum atomic E-state index is -0.756. The largest absolute Gasteiger partial charge is 0.449 e. The van der Waals surface area contributed by atoms with Crippen molar-refractivity contribution in [3.8, 4) is 0 Å². The lowest BCUT2D eigenvalue weighted by molar-refractivity contribution is -0.137. The number of aryl methyl sites for hydroxylation is 2. The van der Waals surface area contributed by atoms with Gasteiger partial charge in [0.25, 0.3) is 5.91 Å². The summed E-state index contributed by atoms with van der Waals surface area (Å²) in [5, 5.41) is 0. The third-order valence-corrected chi connectivity index (χ3v) is 3.66. The lowest BCUT2D eigenvalue weighted by Crippen LogP contribution is -2.34. The molecule has 0 saturated carbocycles. The van der Waals surface area contributed by atoms with Crippen molar-refractivity contribution < 1.29 is 14.3 Å². The van der Waals surface area contributed by atoms with Gasteiger partial charge in [-0.15, -0.1) is 0 Å². The molecule has 1 aliphatic carbocycles. The Labute approximate surface area is 119 Å². The Morgan fingerprint density at radius 2 is 1.80 bits per heavy atom. The van der Waals surface area contributed by atoms with E-state index in [1.165, 1.54) is 28.9 Å². The van der Waals surface area contributed by atoms with Gasteiger partial charge in [0.2, 0.25) is 0 Å². The molecule has 1 unspecified atom stereocenters. The van der Waals surface area contributed by atoms with Crippen LogP contribution in [0.3, 0.4) is 0 Å². The van der Waals surface area contributed by atoms with Crippen LogP contribution >= 0.6 is 0 Å². The van der Waals surface area contributed by atoms with Gasteiger partial charge in [-0.2, -0.15) is 0 Å². The summed E-state index contributed by atoms with van der Waals surface area (Å²) in [4.78, 5) is 25.2. The first-order valence-electron chi connectivity index (χ1n) is 7.03. The lowest BCUT2D eigenvalue weighted by Gasteiger charge is -2.19. The molecule has 0 saturated heterocycles. The molecule has 4 nitrogen and oxygen atoms in total. The lowest BCUT2D eigenvalue weighted by atomic mass is 9.90. The fraction of sp³-hybridized carbons (Fsp3) is 0.500. The van der Waals surface area contributed by atoms with E-state index >= 15 is 0 Å². The van der Waals surface area contributed by atoms with E-state index in [4.69, 9.17) is 4.74 Å². The van der Waals surface area contributed by atoms with Gasteiger partial charge in [-0.3, -0.25) is 4.79 Å². The summed E-state index contributed by atoms with van der Waals surface area (Å²) in [6.45, 7) is 1.60. The molecular formula is C16H21NO3. The Bertz CT molecular complexity index is 522. The highest BCUT2D eigenvalue weighted by Crippen LogP contribution is 2.22. The Morgan fingerprint density at radius 1 is 1.15 bits per heavy atom. The summed E-state index contributed by atoms with van der Waals surface area (Å²) >= 11 is 0. The van der Waals surface area contributed by atoms with E-state index in [0.29, 0.717) is 5.56 Å². The number of benzene rings is 1. The van der Waals surface area contributed by atoms with Crippen LogP contribution in [-0.2, 0) is 22.4 Å². The summed E-state index contributed by atoms with van der Waals surface area (Å²) in [6.07, 6.45) is 3.73. The third-order valence-electron chi connectivity index (χ3n) is 3.66. The molecule has 0 heterocycles. The van der Waals surface area contributed by atoms with Gasteiger partial charge in [-0.1, -0.05) is 6.07 Å². The van der Waals surface area contributed by atoms with Crippen molar-refractivity contribution in [2.24, 2.45) is 0 Å². The Kier molecular flexibility index (Phi) is 4.42. The van der Waals surface area contributed by atoms with Gasteiger partial charge in [0.15, 0.2) is 6.10 Å². The Hall–Kier alpha value is -1.84. The number of hydrogen-bond acceptors (Lipinski definition) is 3. The van der Waals surface area contributed by atoms with Crippen molar-refractivity contribution in [2.75, 3.05) is 14.1 Å². The molecule has 0 bridgehead atoms. The predicted molar refractivity (Wildman–Crippen MR) is 76.7 cm³/mol. The van der Waals surface area contributed by atoms with Crippen molar-refractivity contribution in [2.45, 2.75) is 38.7 Å². The molecule has 1 aromatic rings. The van der Waals surface area contributed by atoms with Crippen LogP contribution in [0.1, 0.15) is 41.3 Å². The average Bonchev–Trinajstić information content (AvgIpc) is 2.45. The van der Waals surface area contributed by atoms with E-state index in [2.05, 4.69) is 0 Å². The van der Waals surface area contributed by atoms with Crippen LogP contribution in [-0.4, -0.2) is 37.0 Å². The number of rotatable bonds is 3. The molecule has 1 atom stereocenters. The van der Waals surface area contributed by atoms with Crippen LogP contribution < -0.4 is 0 Å². The number of fused-ring (bicyclic) bond motifs is 1. The van der Waals surface area contributed by atoms with Crippen molar-refractivity contribution in [1.82, 2.24) is 4.90 Å². The second-order valence-corrected chi connectivity index (χ2v) is 5.47. The van der Waals surface area contributed by atoms with Crippen LogP contribution in [0.2, 0.25) is 0 Å². The first-order chi connectivity index (χ1) is 9.49. The number of nitrogens with zero attached hydrogens (tertiary/aromatic N) is 1. The highest BCUT2D eigenvalue weighted by atomic mass is 16.5. The minimum absolute atomic E-state index is 0.212. The maximum atomic E-state index is 12.1. The molecule has 4 heteroatoms. The summed E-state index contributed by atoms with van der Waals surface area (Å²) in [7, 11) is 3.29. The molecule has 0 N–H and O–H groups in total. The highest BCUT2D eigenvalue weighted by molar-refractivity contribution is 5.92. The van der Waals surface area contributed by atoms with Gasteiger partial charge >= 0.3 is 5.97 Å². The van der Waals surface area contributed by atoms with Crippen LogP contribution in [0.5, 0.6) is 0 Å². The summed E-state index contributed by atoms with van der Waals surface area (Å²) in [5.74, 6) is -0.641. The predicted octanol–water partition coefficient (Wildman–Crippen LogP) is 2.20. The number of carbonyl (C=O) groups is 2. The zero-order valence-electron chi connectivity index (χ0n) is 12.3. The van der Waals surface area contributed by atoms with Crippen molar-refractivity contribution in [3.63, 3.8) is 0 Å². The standard InChI is InChI=1S/C16H21NO3/c1-11(15(18)17(2)3)20-16(19)14-9-8-12-6-4-5-7-13(12)10-14/h8-11H,4-7H2,1-3H3. The van der Waals surface area contributed by atoms with Crippen LogP contribution in [0.4, 0.5) is 0 Å². The molecule has 0 radical (unpaired) electrons. The number of esters is 1. The summed E-state index contributed by atoms with van der Waals surface area (Å²) in [6, 6.07) is 5.70. The highest BCUT2D eigenvalue weighted by Gasteiger charge is 2.21. The Balaban J connectivity index is 2.08. The molecule has 0 fully saturated rings. The molecule has 1 amide bonds. The van der Waals surface area contributed by atoms with Gasteiger partial charge in [-0.25, -0.2) is 4.79 Å². The summed E-state index contributed by atoms with van der Waals surface area (Å²) in [5.41, 5.74) is 3.09. The maximum Gasteiger partial charge on any atom is 0.338 e. The molecule has 1 aliphatic rings.